The van der Waals surface area contributed by atoms with E-state index in [1.54, 1.807) is 12.1 Å². The zero-order valence-corrected chi connectivity index (χ0v) is 13.1. The molecule has 0 aliphatic heterocycles. The molecule has 2 aromatic rings. The Morgan fingerprint density at radius 3 is 2.63 bits per heavy atom. The molecule has 0 saturated heterocycles. The Morgan fingerprint density at radius 1 is 1.32 bits per heavy atom. The molecule has 1 aromatic heterocycles. The number of benzene rings is 1. The normalized spacial score (nSPS) is 10.7. The number of nitrogens with zero attached hydrogens (tertiary/aromatic N) is 2. The fourth-order valence-corrected chi connectivity index (χ4v) is 2.72. The SMILES string of the molecule is CC(C)Cc1nnc(NC(=O)c2ccc(Br)cc2)s1. The first-order chi connectivity index (χ1) is 9.04. The number of rotatable bonds is 4. The van der Waals surface area contributed by atoms with Gasteiger partial charge in [-0.3, -0.25) is 10.1 Å². The Balaban J connectivity index is 2.02. The zero-order chi connectivity index (χ0) is 13.8. The van der Waals surface area contributed by atoms with E-state index in [2.05, 4.69) is 45.3 Å². The fraction of sp³-hybridized carbons (Fsp3) is 0.308. The van der Waals surface area contributed by atoms with E-state index in [1.807, 2.05) is 12.1 Å². The summed E-state index contributed by atoms with van der Waals surface area (Å²) in [5, 5.41) is 12.3. The Hall–Kier alpha value is -1.27. The number of carbonyl (C=O) groups is 1. The maximum absolute atomic E-state index is 12.0. The predicted molar refractivity (Wildman–Crippen MR) is 80.5 cm³/mol. The van der Waals surface area contributed by atoms with Gasteiger partial charge in [0, 0.05) is 16.5 Å². The number of carbonyl (C=O) groups excluding carboxylic acids is 1. The zero-order valence-electron chi connectivity index (χ0n) is 10.7. The van der Waals surface area contributed by atoms with Gasteiger partial charge in [-0.2, -0.15) is 0 Å². The summed E-state index contributed by atoms with van der Waals surface area (Å²) >= 11 is 4.76. The van der Waals surface area contributed by atoms with Crippen molar-refractivity contribution in [2.75, 3.05) is 5.32 Å². The Morgan fingerprint density at radius 2 is 2.00 bits per heavy atom. The van der Waals surface area contributed by atoms with Crippen LogP contribution < -0.4 is 5.32 Å². The van der Waals surface area contributed by atoms with E-state index in [4.69, 9.17) is 0 Å². The molecule has 0 spiro atoms. The molecule has 1 aromatic carbocycles. The van der Waals surface area contributed by atoms with Crippen LogP contribution in [-0.4, -0.2) is 16.1 Å². The summed E-state index contributed by atoms with van der Waals surface area (Å²) in [5.41, 5.74) is 0.601. The van der Waals surface area contributed by atoms with Gasteiger partial charge in [-0.1, -0.05) is 41.1 Å². The van der Waals surface area contributed by atoms with Gasteiger partial charge in [0.2, 0.25) is 5.13 Å². The third-order valence-electron chi connectivity index (χ3n) is 2.38. The molecule has 0 unspecified atom stereocenters. The number of nitrogens with one attached hydrogen (secondary N) is 1. The van der Waals surface area contributed by atoms with Crippen molar-refractivity contribution in [3.63, 3.8) is 0 Å². The molecule has 100 valence electrons. The van der Waals surface area contributed by atoms with E-state index in [0.29, 0.717) is 16.6 Å². The molecular formula is C13H14BrN3OS. The van der Waals surface area contributed by atoms with Crippen LogP contribution in [0.4, 0.5) is 5.13 Å². The maximum atomic E-state index is 12.0. The Bertz CT molecular complexity index is 566. The molecule has 6 heteroatoms. The minimum Gasteiger partial charge on any atom is -0.296 e. The van der Waals surface area contributed by atoms with Crippen molar-refractivity contribution in [1.82, 2.24) is 10.2 Å². The standard InChI is InChI=1S/C13H14BrN3OS/c1-8(2)7-11-16-17-13(19-11)15-12(18)9-3-5-10(14)6-4-9/h3-6,8H,7H2,1-2H3,(H,15,17,18). The lowest BCUT2D eigenvalue weighted by Gasteiger charge is -2.01. The van der Waals surface area contributed by atoms with Crippen LogP contribution in [0, 0.1) is 5.92 Å². The summed E-state index contributed by atoms with van der Waals surface area (Å²) in [4.78, 5) is 12.0. The fourth-order valence-electron chi connectivity index (χ4n) is 1.51. The highest BCUT2D eigenvalue weighted by atomic mass is 79.9. The van der Waals surface area contributed by atoms with Crippen molar-refractivity contribution in [3.8, 4) is 0 Å². The van der Waals surface area contributed by atoms with E-state index < -0.39 is 0 Å². The van der Waals surface area contributed by atoms with Crippen LogP contribution in [0.15, 0.2) is 28.7 Å². The Kier molecular flexibility index (Phi) is 4.66. The number of hydrogen-bond acceptors (Lipinski definition) is 4. The molecule has 0 fully saturated rings. The van der Waals surface area contributed by atoms with Gasteiger partial charge < -0.3 is 0 Å². The lowest BCUT2D eigenvalue weighted by molar-refractivity contribution is 0.102. The van der Waals surface area contributed by atoms with Crippen LogP contribution in [0.1, 0.15) is 29.2 Å². The van der Waals surface area contributed by atoms with Crippen LogP contribution in [0.25, 0.3) is 0 Å². The van der Waals surface area contributed by atoms with Crippen molar-refractivity contribution in [1.29, 1.82) is 0 Å². The van der Waals surface area contributed by atoms with Gasteiger partial charge in [-0.05, 0) is 30.2 Å². The van der Waals surface area contributed by atoms with Crippen LogP contribution in [-0.2, 0) is 6.42 Å². The highest BCUT2D eigenvalue weighted by Gasteiger charge is 2.10. The molecule has 1 heterocycles. The molecule has 4 nitrogen and oxygen atoms in total. The van der Waals surface area contributed by atoms with Gasteiger partial charge in [-0.25, -0.2) is 0 Å². The largest absolute Gasteiger partial charge is 0.296 e. The van der Waals surface area contributed by atoms with E-state index in [-0.39, 0.29) is 5.91 Å². The van der Waals surface area contributed by atoms with E-state index in [1.165, 1.54) is 11.3 Å². The third-order valence-corrected chi connectivity index (χ3v) is 3.77. The lowest BCUT2D eigenvalue weighted by atomic mass is 10.1. The molecule has 1 N–H and O–H groups in total. The molecule has 0 atom stereocenters. The van der Waals surface area contributed by atoms with Gasteiger partial charge >= 0.3 is 0 Å². The molecular weight excluding hydrogens is 326 g/mol. The first kappa shape index (κ1) is 14.1. The molecule has 0 aliphatic carbocycles. The number of hydrogen-bond donors (Lipinski definition) is 1. The first-order valence-electron chi connectivity index (χ1n) is 5.94. The Labute approximate surface area is 124 Å². The lowest BCUT2D eigenvalue weighted by Crippen LogP contribution is -2.11. The average Bonchev–Trinajstić information content (AvgIpc) is 2.76. The van der Waals surface area contributed by atoms with Crippen molar-refractivity contribution in [2.45, 2.75) is 20.3 Å². The van der Waals surface area contributed by atoms with E-state index in [0.717, 1.165) is 15.9 Å². The van der Waals surface area contributed by atoms with Crippen molar-refractivity contribution in [3.05, 3.63) is 39.3 Å². The smallest absolute Gasteiger partial charge is 0.257 e. The quantitative estimate of drug-likeness (QED) is 0.922. The summed E-state index contributed by atoms with van der Waals surface area (Å²) in [6, 6.07) is 7.18. The molecule has 0 radical (unpaired) electrons. The topological polar surface area (TPSA) is 54.9 Å². The van der Waals surface area contributed by atoms with Gasteiger partial charge in [-0.15, -0.1) is 10.2 Å². The minimum absolute atomic E-state index is 0.167. The van der Waals surface area contributed by atoms with Crippen LogP contribution in [0.3, 0.4) is 0 Å². The number of halogens is 1. The maximum Gasteiger partial charge on any atom is 0.257 e. The van der Waals surface area contributed by atoms with Crippen molar-refractivity contribution >= 4 is 38.3 Å². The molecule has 0 aliphatic rings. The second-order valence-corrected chi connectivity index (χ2v) is 6.54. The molecule has 0 bridgehead atoms. The van der Waals surface area contributed by atoms with Gasteiger partial charge in [0.25, 0.3) is 5.91 Å². The van der Waals surface area contributed by atoms with Crippen molar-refractivity contribution < 1.29 is 4.79 Å². The molecule has 1 amide bonds. The summed E-state index contributed by atoms with van der Waals surface area (Å²) in [6.07, 6.45) is 0.881. The minimum atomic E-state index is -0.167. The second kappa shape index (κ2) is 6.25. The molecule has 0 saturated carbocycles. The molecule has 19 heavy (non-hydrogen) atoms. The van der Waals surface area contributed by atoms with Gasteiger partial charge in [0.1, 0.15) is 5.01 Å². The van der Waals surface area contributed by atoms with E-state index in [9.17, 15) is 4.79 Å². The second-order valence-electron chi connectivity index (χ2n) is 4.56. The van der Waals surface area contributed by atoms with E-state index >= 15 is 0 Å². The average molecular weight is 340 g/mol. The van der Waals surface area contributed by atoms with Gasteiger partial charge in [0.15, 0.2) is 0 Å². The van der Waals surface area contributed by atoms with Crippen LogP contribution in [0.5, 0.6) is 0 Å². The summed E-state index contributed by atoms with van der Waals surface area (Å²) < 4.78 is 0.944. The number of anilines is 1. The molecule has 2 rings (SSSR count). The first-order valence-corrected chi connectivity index (χ1v) is 7.55. The van der Waals surface area contributed by atoms with Gasteiger partial charge in [0.05, 0.1) is 0 Å². The monoisotopic (exact) mass is 339 g/mol. The van der Waals surface area contributed by atoms with Crippen LogP contribution in [0.2, 0.25) is 0 Å². The predicted octanol–water partition coefficient (Wildman–Crippen LogP) is 3.75. The summed E-state index contributed by atoms with van der Waals surface area (Å²) in [7, 11) is 0. The summed E-state index contributed by atoms with van der Waals surface area (Å²) in [5.74, 6) is 0.364. The summed E-state index contributed by atoms with van der Waals surface area (Å²) in [6.45, 7) is 4.25. The van der Waals surface area contributed by atoms with Crippen LogP contribution >= 0.6 is 27.3 Å². The highest BCUT2D eigenvalue weighted by molar-refractivity contribution is 9.10. The highest BCUT2D eigenvalue weighted by Crippen LogP contribution is 2.19. The number of aromatic nitrogens is 2. The third kappa shape index (κ3) is 4.11. The van der Waals surface area contributed by atoms with Crippen molar-refractivity contribution in [2.24, 2.45) is 5.92 Å². The number of amides is 1.